The molecule has 170 valence electrons. The second kappa shape index (κ2) is 9.84. The summed E-state index contributed by atoms with van der Waals surface area (Å²) in [5.74, 6) is 1.19. The van der Waals surface area contributed by atoms with Gasteiger partial charge >= 0.3 is 0 Å². The molecule has 1 amide bonds. The van der Waals surface area contributed by atoms with Gasteiger partial charge < -0.3 is 9.64 Å². The summed E-state index contributed by atoms with van der Waals surface area (Å²) in [7, 11) is 0. The molecule has 0 aromatic heterocycles. The molecule has 3 aromatic rings. The number of hydrogen-bond donors (Lipinski definition) is 0. The Kier molecular flexibility index (Phi) is 6.48. The van der Waals surface area contributed by atoms with Crippen LogP contribution < -0.4 is 9.64 Å². The number of rotatable bonds is 5. The third-order valence-electron chi connectivity index (χ3n) is 6.02. The molecule has 1 saturated heterocycles. The van der Waals surface area contributed by atoms with E-state index in [0.29, 0.717) is 29.7 Å². The summed E-state index contributed by atoms with van der Waals surface area (Å²) in [6.45, 7) is 0.915. The molecule has 2 aliphatic heterocycles. The zero-order chi connectivity index (χ0) is 23.5. The SMILES string of the molecule is N#CC1=C2SCN(c3ccc(Cl)cc3)CN2C(=O)CC1c1ccc(OCc2ccccc2)cc1. The molecule has 2 aliphatic rings. The summed E-state index contributed by atoms with van der Waals surface area (Å²) in [6, 6.07) is 27.7. The number of hydrogen-bond acceptors (Lipinski definition) is 5. The number of fused-ring (bicyclic) bond motifs is 1. The van der Waals surface area contributed by atoms with Gasteiger partial charge in [-0.2, -0.15) is 5.26 Å². The van der Waals surface area contributed by atoms with E-state index in [9.17, 15) is 10.1 Å². The zero-order valence-corrected chi connectivity index (χ0v) is 19.9. The number of ether oxygens (including phenoxy) is 1. The van der Waals surface area contributed by atoms with E-state index in [1.54, 1.807) is 4.90 Å². The van der Waals surface area contributed by atoms with E-state index in [0.717, 1.165) is 27.6 Å². The van der Waals surface area contributed by atoms with Crippen molar-refractivity contribution >= 4 is 35.0 Å². The third-order valence-corrected chi connectivity index (χ3v) is 7.42. The Labute approximate surface area is 208 Å². The molecule has 0 saturated carbocycles. The molecule has 1 fully saturated rings. The van der Waals surface area contributed by atoms with Crippen LogP contribution in [0, 0.1) is 11.3 Å². The van der Waals surface area contributed by atoms with E-state index in [-0.39, 0.29) is 18.2 Å². The first kappa shape index (κ1) is 22.4. The Balaban J connectivity index is 1.33. The van der Waals surface area contributed by atoms with E-state index >= 15 is 0 Å². The topological polar surface area (TPSA) is 56.6 Å². The smallest absolute Gasteiger partial charge is 0.229 e. The molecule has 1 atom stereocenters. The Bertz CT molecular complexity index is 1250. The number of allylic oxidation sites excluding steroid dienone is 1. The van der Waals surface area contributed by atoms with Crippen molar-refractivity contribution in [1.29, 1.82) is 5.26 Å². The lowest BCUT2D eigenvalue weighted by Crippen LogP contribution is -2.47. The lowest BCUT2D eigenvalue weighted by Gasteiger charge is -2.42. The highest BCUT2D eigenvalue weighted by Crippen LogP contribution is 2.43. The minimum atomic E-state index is -0.249. The maximum atomic E-state index is 13.1. The van der Waals surface area contributed by atoms with Crippen LogP contribution in [0.25, 0.3) is 0 Å². The molecule has 1 unspecified atom stereocenters. The van der Waals surface area contributed by atoms with Crippen LogP contribution >= 0.6 is 23.4 Å². The normalized spacial score (nSPS) is 17.9. The van der Waals surface area contributed by atoms with Crippen molar-refractivity contribution in [2.45, 2.75) is 18.9 Å². The number of nitriles is 1. The average molecular weight is 488 g/mol. The van der Waals surface area contributed by atoms with Crippen molar-refractivity contribution < 1.29 is 9.53 Å². The number of amides is 1. The number of thioether (sulfide) groups is 1. The van der Waals surface area contributed by atoms with Crippen molar-refractivity contribution in [3.63, 3.8) is 0 Å². The molecule has 0 radical (unpaired) electrons. The Morgan fingerprint density at radius 1 is 1.03 bits per heavy atom. The zero-order valence-electron chi connectivity index (χ0n) is 18.4. The fourth-order valence-electron chi connectivity index (χ4n) is 4.20. The van der Waals surface area contributed by atoms with Crippen molar-refractivity contribution in [1.82, 2.24) is 4.90 Å². The van der Waals surface area contributed by atoms with Gasteiger partial charge in [0.1, 0.15) is 12.4 Å². The van der Waals surface area contributed by atoms with Crippen LogP contribution in [-0.2, 0) is 11.4 Å². The van der Waals surface area contributed by atoms with Crippen LogP contribution in [0.15, 0.2) is 89.5 Å². The van der Waals surface area contributed by atoms with E-state index in [1.165, 1.54) is 11.8 Å². The highest BCUT2D eigenvalue weighted by Gasteiger charge is 2.38. The van der Waals surface area contributed by atoms with Gasteiger partial charge in [0.25, 0.3) is 0 Å². The van der Waals surface area contributed by atoms with Gasteiger partial charge in [-0.15, -0.1) is 0 Å². The second-order valence-electron chi connectivity index (χ2n) is 8.18. The van der Waals surface area contributed by atoms with Gasteiger partial charge in [0.05, 0.1) is 29.2 Å². The largest absolute Gasteiger partial charge is 0.489 e. The van der Waals surface area contributed by atoms with Crippen LogP contribution in [0.1, 0.15) is 23.5 Å². The number of nitrogens with zero attached hydrogens (tertiary/aromatic N) is 3. The van der Waals surface area contributed by atoms with Crippen LogP contribution in [0.3, 0.4) is 0 Å². The summed E-state index contributed by atoms with van der Waals surface area (Å²) < 4.78 is 5.89. The van der Waals surface area contributed by atoms with E-state index < -0.39 is 0 Å². The quantitative estimate of drug-likeness (QED) is 0.432. The molecular formula is C27H22ClN3O2S. The fourth-order valence-corrected chi connectivity index (χ4v) is 5.49. The Hall–Kier alpha value is -3.40. The van der Waals surface area contributed by atoms with Gasteiger partial charge in [-0.25, -0.2) is 0 Å². The maximum Gasteiger partial charge on any atom is 0.229 e. The summed E-state index contributed by atoms with van der Waals surface area (Å²) in [5, 5.41) is 11.5. The Morgan fingerprint density at radius 3 is 2.47 bits per heavy atom. The van der Waals surface area contributed by atoms with Crippen molar-refractivity contribution in [2.24, 2.45) is 0 Å². The number of benzene rings is 3. The number of halogens is 1. The first-order valence-corrected chi connectivity index (χ1v) is 12.3. The molecule has 7 heteroatoms. The van der Waals surface area contributed by atoms with Crippen molar-refractivity contribution in [3.05, 3.63) is 106 Å². The fraction of sp³-hybridized carbons (Fsp3) is 0.185. The predicted octanol–water partition coefficient (Wildman–Crippen LogP) is 6.14. The monoisotopic (exact) mass is 487 g/mol. The number of anilines is 1. The first-order valence-electron chi connectivity index (χ1n) is 11.0. The maximum absolute atomic E-state index is 13.1. The van der Waals surface area contributed by atoms with Crippen molar-refractivity contribution in [2.75, 3.05) is 17.4 Å². The predicted molar refractivity (Wildman–Crippen MR) is 135 cm³/mol. The standard InChI is InChI=1S/C27H22ClN3O2S/c28-21-8-10-22(11-9-21)30-17-31-26(32)14-24(25(15-29)27(31)34-18-30)20-6-12-23(13-7-20)33-16-19-4-2-1-3-5-19/h1-13,24H,14,16-18H2. The molecule has 0 N–H and O–H groups in total. The lowest BCUT2D eigenvalue weighted by molar-refractivity contribution is -0.129. The molecule has 0 spiro atoms. The third kappa shape index (κ3) is 4.63. The van der Waals surface area contributed by atoms with Crippen LogP contribution in [0.5, 0.6) is 5.75 Å². The molecule has 5 nitrogen and oxygen atoms in total. The van der Waals surface area contributed by atoms with E-state index in [4.69, 9.17) is 16.3 Å². The molecule has 3 aromatic carbocycles. The van der Waals surface area contributed by atoms with Crippen LogP contribution in [-0.4, -0.2) is 23.4 Å². The number of carbonyl (C=O) groups excluding carboxylic acids is 1. The van der Waals surface area contributed by atoms with Gasteiger partial charge in [-0.05, 0) is 47.5 Å². The van der Waals surface area contributed by atoms with Gasteiger partial charge in [-0.1, -0.05) is 65.8 Å². The molecule has 2 heterocycles. The van der Waals surface area contributed by atoms with Gasteiger partial charge in [0, 0.05) is 23.0 Å². The molecule has 0 bridgehead atoms. The van der Waals surface area contributed by atoms with Gasteiger partial charge in [-0.3, -0.25) is 9.69 Å². The molecule has 0 aliphatic carbocycles. The van der Waals surface area contributed by atoms with Crippen LogP contribution in [0.2, 0.25) is 5.02 Å². The molecule has 5 rings (SSSR count). The van der Waals surface area contributed by atoms with Crippen molar-refractivity contribution in [3.8, 4) is 11.8 Å². The summed E-state index contributed by atoms with van der Waals surface area (Å²) >= 11 is 7.54. The summed E-state index contributed by atoms with van der Waals surface area (Å²) in [6.07, 6.45) is 0.269. The van der Waals surface area contributed by atoms with Gasteiger partial charge in [0.2, 0.25) is 5.91 Å². The van der Waals surface area contributed by atoms with E-state index in [2.05, 4.69) is 11.0 Å². The average Bonchev–Trinajstić information content (AvgIpc) is 2.89. The molecular weight excluding hydrogens is 466 g/mol. The molecule has 34 heavy (non-hydrogen) atoms. The van der Waals surface area contributed by atoms with Gasteiger partial charge in [0.15, 0.2) is 0 Å². The second-order valence-corrected chi connectivity index (χ2v) is 9.55. The summed E-state index contributed by atoms with van der Waals surface area (Å²) in [5.41, 5.74) is 3.70. The summed E-state index contributed by atoms with van der Waals surface area (Å²) in [4.78, 5) is 17.0. The number of carbonyl (C=O) groups is 1. The van der Waals surface area contributed by atoms with E-state index in [1.807, 2.05) is 78.9 Å². The minimum Gasteiger partial charge on any atom is -0.489 e. The van der Waals surface area contributed by atoms with Crippen LogP contribution in [0.4, 0.5) is 5.69 Å². The highest BCUT2D eigenvalue weighted by molar-refractivity contribution is 8.03. The lowest BCUT2D eigenvalue weighted by atomic mass is 9.86. The Morgan fingerprint density at radius 2 is 1.76 bits per heavy atom. The first-order chi connectivity index (χ1) is 16.6. The highest BCUT2D eigenvalue weighted by atomic mass is 35.5. The minimum absolute atomic E-state index is 0.0227.